The molecule has 0 aliphatic carbocycles. The van der Waals surface area contributed by atoms with Crippen LogP contribution in [0, 0.1) is 0 Å². The quantitative estimate of drug-likeness (QED) is 0.549. The van der Waals surface area contributed by atoms with E-state index in [0.717, 1.165) is 0 Å². The van der Waals surface area contributed by atoms with Gasteiger partial charge in [-0.3, -0.25) is 0 Å². The molecule has 0 aromatic rings. The van der Waals surface area contributed by atoms with Gasteiger partial charge in [0.15, 0.2) is 0 Å². The van der Waals surface area contributed by atoms with Crippen LogP contribution in [0.2, 0.25) is 0 Å². The van der Waals surface area contributed by atoms with E-state index in [4.69, 9.17) is 0 Å². The molecule has 1 radical (unpaired) electrons. The summed E-state index contributed by atoms with van der Waals surface area (Å²) in [6.45, 7) is 0. The van der Waals surface area contributed by atoms with E-state index in [0.29, 0.717) is 0 Å². The first-order valence-corrected chi connectivity index (χ1v) is 0. The van der Waals surface area contributed by atoms with Gasteiger partial charge in [-0.25, -0.2) is 0 Å². The summed E-state index contributed by atoms with van der Waals surface area (Å²) in [6.07, 6.45) is 0. The van der Waals surface area contributed by atoms with E-state index in [1.165, 1.54) is 0 Å². The van der Waals surface area contributed by atoms with Crippen molar-refractivity contribution in [1.29, 1.82) is 0 Å². The normalized spacial score (nSPS) is 0. The molecular formula is IrMnO2+. The molecule has 0 heterocycles. The maximum Gasteiger partial charge on any atom is 3.00 e. The zero-order valence-electron chi connectivity index (χ0n) is 1.53. The van der Waals surface area contributed by atoms with Crippen LogP contribution in [-0.2, 0) is 48.1 Å². The fourth-order valence-electron chi connectivity index (χ4n) is 0. The van der Waals surface area contributed by atoms with Crippen molar-refractivity contribution in [3.05, 3.63) is 0 Å². The summed E-state index contributed by atoms with van der Waals surface area (Å²) in [5.41, 5.74) is 0. The molecule has 0 N–H and O–H groups in total. The number of hydrogen-bond donors (Lipinski definition) is 0. The Morgan fingerprint density at radius 3 is 0.750 bits per heavy atom. The zero-order chi connectivity index (χ0) is 0. The molecule has 0 atom stereocenters. The van der Waals surface area contributed by atoms with Gasteiger partial charge in [0.2, 0.25) is 0 Å². The topological polar surface area (TPSA) is 57.0 Å². The Morgan fingerprint density at radius 1 is 0.750 bits per heavy atom. The molecule has 0 aliphatic heterocycles. The molecule has 2 nitrogen and oxygen atoms in total. The van der Waals surface area contributed by atoms with Gasteiger partial charge in [0.25, 0.3) is 0 Å². The van der Waals surface area contributed by atoms with E-state index in [1.54, 1.807) is 0 Å². The number of rotatable bonds is 0. The Bertz CT molecular complexity index is 6.00. The van der Waals surface area contributed by atoms with Crippen molar-refractivity contribution in [2.75, 3.05) is 0 Å². The summed E-state index contributed by atoms with van der Waals surface area (Å²) < 4.78 is 0. The first kappa shape index (κ1) is 71.8. The third-order valence-electron chi connectivity index (χ3n) is 0. The second-order valence-corrected chi connectivity index (χ2v) is 0. The first-order chi connectivity index (χ1) is 0. The molecule has 0 unspecified atom stereocenters. The minimum absolute atomic E-state index is 0. The summed E-state index contributed by atoms with van der Waals surface area (Å²) in [4.78, 5) is 0. The molecule has 0 fully saturated rings. The van der Waals surface area contributed by atoms with Crippen molar-refractivity contribution in [2.45, 2.75) is 0 Å². The fraction of sp³-hybridized carbons (Fsp3) is 0. The van der Waals surface area contributed by atoms with Crippen LogP contribution in [0.4, 0.5) is 0 Å². The van der Waals surface area contributed by atoms with Crippen molar-refractivity contribution in [3.8, 4) is 0 Å². The molecule has 0 amide bonds. The van der Waals surface area contributed by atoms with E-state index in [9.17, 15) is 0 Å². The van der Waals surface area contributed by atoms with Crippen molar-refractivity contribution in [2.24, 2.45) is 0 Å². The van der Waals surface area contributed by atoms with Crippen molar-refractivity contribution in [1.82, 2.24) is 0 Å². The summed E-state index contributed by atoms with van der Waals surface area (Å²) in [6, 6.07) is 0. The van der Waals surface area contributed by atoms with Crippen LogP contribution in [0.25, 0.3) is 0 Å². The molecule has 4 heavy (non-hydrogen) atoms. The van der Waals surface area contributed by atoms with Crippen LogP contribution in [0.15, 0.2) is 0 Å². The first-order valence-electron chi connectivity index (χ1n) is 0. The van der Waals surface area contributed by atoms with Gasteiger partial charge in [-0.1, -0.05) is 0 Å². The van der Waals surface area contributed by atoms with Gasteiger partial charge < -0.3 is 11.0 Å². The molecule has 0 saturated carbocycles. The predicted octanol–water partition coefficient (Wildman–Crippen LogP) is -0.243. The molecular weight excluding hydrogens is 279 g/mol. The van der Waals surface area contributed by atoms with Gasteiger partial charge in [-0.15, -0.1) is 0 Å². The molecule has 0 aliphatic rings. The standard InChI is InChI=1S/Ir.Mn.2O/q+3;+2;2*-2. The van der Waals surface area contributed by atoms with Gasteiger partial charge in [0.05, 0.1) is 0 Å². The van der Waals surface area contributed by atoms with Gasteiger partial charge >= 0.3 is 37.2 Å². The summed E-state index contributed by atoms with van der Waals surface area (Å²) in [7, 11) is 0. The van der Waals surface area contributed by atoms with Gasteiger partial charge in [-0.2, -0.15) is 0 Å². The molecule has 0 bridgehead atoms. The van der Waals surface area contributed by atoms with Crippen LogP contribution in [0.3, 0.4) is 0 Å². The van der Waals surface area contributed by atoms with Gasteiger partial charge in [0.1, 0.15) is 0 Å². The molecule has 0 aromatic heterocycles. The van der Waals surface area contributed by atoms with Crippen LogP contribution in [0.5, 0.6) is 0 Å². The third-order valence-corrected chi connectivity index (χ3v) is 0. The van der Waals surface area contributed by atoms with E-state index >= 15 is 0 Å². The largest absolute Gasteiger partial charge is 3.00 e. The fourth-order valence-corrected chi connectivity index (χ4v) is 0. The van der Waals surface area contributed by atoms with E-state index < -0.39 is 0 Å². The molecule has 4 heteroatoms. The van der Waals surface area contributed by atoms with E-state index in [-0.39, 0.29) is 48.1 Å². The minimum atomic E-state index is 0. The minimum Gasteiger partial charge on any atom is -2.00 e. The Hall–Kier alpha value is 1.09. The summed E-state index contributed by atoms with van der Waals surface area (Å²) in [5, 5.41) is 0. The van der Waals surface area contributed by atoms with E-state index in [2.05, 4.69) is 0 Å². The Balaban J connectivity index is 0. The summed E-state index contributed by atoms with van der Waals surface area (Å²) in [5.74, 6) is 0. The van der Waals surface area contributed by atoms with Crippen LogP contribution < -0.4 is 0 Å². The molecule has 0 spiro atoms. The monoisotopic (exact) mass is 280 g/mol. The zero-order valence-corrected chi connectivity index (χ0v) is 5.10. The van der Waals surface area contributed by atoms with Crippen LogP contribution >= 0.6 is 0 Å². The van der Waals surface area contributed by atoms with Crippen molar-refractivity contribution < 1.29 is 48.1 Å². The van der Waals surface area contributed by atoms with Crippen molar-refractivity contribution in [3.63, 3.8) is 0 Å². The van der Waals surface area contributed by atoms with Crippen molar-refractivity contribution >= 4 is 0 Å². The average molecular weight is 279 g/mol. The molecule has 0 aromatic carbocycles. The second-order valence-electron chi connectivity index (χ2n) is 0. The Labute approximate surface area is 48.4 Å². The van der Waals surface area contributed by atoms with Gasteiger partial charge in [0, 0.05) is 0 Å². The number of hydrogen-bond acceptors (Lipinski definition) is 0. The maximum absolute atomic E-state index is 0. The third kappa shape index (κ3) is 11.4. The van der Waals surface area contributed by atoms with E-state index in [1.807, 2.05) is 0 Å². The van der Waals surface area contributed by atoms with Crippen LogP contribution in [0.1, 0.15) is 0 Å². The Kier molecular flexibility index (Phi) is 590. The Morgan fingerprint density at radius 2 is 0.750 bits per heavy atom. The molecule has 0 rings (SSSR count). The molecule has 27 valence electrons. The summed E-state index contributed by atoms with van der Waals surface area (Å²) >= 11 is 0. The maximum atomic E-state index is 0. The SMILES string of the molecule is [Ir+3].[Mn+2].[O-2].[O-2]. The predicted molar refractivity (Wildman–Crippen MR) is 1.37 cm³/mol. The molecule has 0 saturated heterocycles. The second kappa shape index (κ2) is 32.9. The smallest absolute Gasteiger partial charge is 2.00 e. The average Bonchev–Trinajstić information content (AvgIpc) is 0. The van der Waals surface area contributed by atoms with Gasteiger partial charge in [-0.05, 0) is 0 Å². The van der Waals surface area contributed by atoms with Crippen LogP contribution in [-0.4, -0.2) is 0 Å².